The molecule has 20 heavy (non-hydrogen) atoms. The van der Waals surface area contributed by atoms with Crippen LogP contribution in [0, 0.1) is 0 Å². The molecule has 8 nitrogen and oxygen atoms in total. The van der Waals surface area contributed by atoms with Crippen LogP contribution in [-0.4, -0.2) is 48.5 Å². The van der Waals surface area contributed by atoms with E-state index in [4.69, 9.17) is 5.14 Å². The van der Waals surface area contributed by atoms with E-state index in [0.29, 0.717) is 5.57 Å². The lowest BCUT2D eigenvalue weighted by Crippen LogP contribution is -2.24. The highest BCUT2D eigenvalue weighted by atomic mass is 32.2. The van der Waals surface area contributed by atoms with Crippen LogP contribution in [0.5, 0.6) is 0 Å². The number of rotatable bonds is 8. The van der Waals surface area contributed by atoms with Crippen LogP contribution < -0.4 is 9.86 Å². The Labute approximate surface area is 118 Å². The third-order valence-corrected chi connectivity index (χ3v) is 3.26. The number of hydrogen-bond donors (Lipinski definition) is 2. The molecule has 0 fully saturated rings. The van der Waals surface area contributed by atoms with Crippen LogP contribution in [0.2, 0.25) is 0 Å². The van der Waals surface area contributed by atoms with Crippen molar-refractivity contribution in [1.82, 2.24) is 4.72 Å². The molecule has 0 amide bonds. The van der Waals surface area contributed by atoms with Gasteiger partial charge in [-0.2, -0.15) is 0 Å². The van der Waals surface area contributed by atoms with Gasteiger partial charge >= 0.3 is 5.97 Å². The van der Waals surface area contributed by atoms with Gasteiger partial charge < -0.3 is 4.74 Å². The molecule has 0 bridgehead atoms. The van der Waals surface area contributed by atoms with E-state index in [1.165, 1.54) is 25.3 Å². The molecule has 0 radical (unpaired) electrons. The number of hydrogen-bond acceptors (Lipinski definition) is 6. The summed E-state index contributed by atoms with van der Waals surface area (Å²) in [6.07, 6.45) is 5.09. The highest BCUT2D eigenvalue weighted by Gasteiger charge is 2.04. The molecule has 3 N–H and O–H groups in total. The van der Waals surface area contributed by atoms with Crippen LogP contribution in [0.25, 0.3) is 0 Å². The molecule has 0 rings (SSSR count). The molecule has 0 aliphatic carbocycles. The third-order valence-electron chi connectivity index (χ3n) is 1.96. The second kappa shape index (κ2) is 8.15. The lowest BCUT2D eigenvalue weighted by molar-refractivity contribution is -0.139. The first-order chi connectivity index (χ1) is 9.03. The molecule has 0 aromatic heterocycles. The monoisotopic (exact) mass is 326 g/mol. The quantitative estimate of drug-likeness (QED) is 0.428. The molecular formula is C10H18N2O6S2. The number of primary sulfonamides is 1. The van der Waals surface area contributed by atoms with Gasteiger partial charge in [0.2, 0.25) is 20.0 Å². The van der Waals surface area contributed by atoms with Crippen LogP contribution in [-0.2, 0) is 29.6 Å². The summed E-state index contributed by atoms with van der Waals surface area (Å²) in [5, 5.41) is 4.85. The van der Waals surface area contributed by atoms with E-state index in [2.05, 4.69) is 9.46 Å². The molecule has 116 valence electrons. The molecule has 0 saturated heterocycles. The van der Waals surface area contributed by atoms with Crippen LogP contribution in [0.15, 0.2) is 23.8 Å². The van der Waals surface area contributed by atoms with Crippen LogP contribution >= 0.6 is 0 Å². The number of nitrogens with two attached hydrogens (primary N) is 1. The summed E-state index contributed by atoms with van der Waals surface area (Å²) in [4.78, 5) is 10.9. The van der Waals surface area contributed by atoms with E-state index in [1.54, 1.807) is 0 Å². The molecule has 0 aromatic carbocycles. The van der Waals surface area contributed by atoms with E-state index < -0.39 is 31.8 Å². The van der Waals surface area contributed by atoms with Crippen molar-refractivity contribution in [3.63, 3.8) is 0 Å². The maximum absolute atomic E-state index is 11.0. The van der Waals surface area contributed by atoms with Crippen LogP contribution in [0.4, 0.5) is 0 Å². The number of carbonyl (C=O) groups is 1. The van der Waals surface area contributed by atoms with Gasteiger partial charge in [-0.1, -0.05) is 18.2 Å². The average molecular weight is 326 g/mol. The molecule has 0 spiro atoms. The third kappa shape index (κ3) is 11.8. The van der Waals surface area contributed by atoms with Gasteiger partial charge in [0.1, 0.15) is 0 Å². The Hall–Kier alpha value is -1.23. The highest BCUT2D eigenvalue weighted by Crippen LogP contribution is 2.00. The second-order valence-corrected chi connectivity index (χ2v) is 7.38. The van der Waals surface area contributed by atoms with E-state index in [1.807, 2.05) is 0 Å². The Kier molecular flexibility index (Phi) is 7.64. The van der Waals surface area contributed by atoms with Crippen molar-refractivity contribution in [2.24, 2.45) is 5.14 Å². The van der Waals surface area contributed by atoms with Gasteiger partial charge in [-0.25, -0.2) is 26.7 Å². The van der Waals surface area contributed by atoms with Crippen molar-refractivity contribution in [1.29, 1.82) is 0 Å². The zero-order valence-electron chi connectivity index (χ0n) is 11.2. The average Bonchev–Trinajstić information content (AvgIpc) is 2.29. The largest absolute Gasteiger partial charge is 0.469 e. The van der Waals surface area contributed by atoms with E-state index in [-0.39, 0.29) is 13.0 Å². The Bertz CT molecular complexity index is 589. The molecule has 0 aliphatic rings. The van der Waals surface area contributed by atoms with Gasteiger partial charge in [-0.05, 0) is 5.57 Å². The predicted molar refractivity (Wildman–Crippen MR) is 74.7 cm³/mol. The Morgan fingerprint density at radius 1 is 1.30 bits per heavy atom. The fraction of sp³-hybridized carbons (Fsp3) is 0.500. The molecule has 0 aromatic rings. The summed E-state index contributed by atoms with van der Waals surface area (Å²) >= 11 is 0. The number of nitrogens with one attached hydrogen (secondary N) is 1. The van der Waals surface area contributed by atoms with Crippen molar-refractivity contribution in [2.45, 2.75) is 6.42 Å². The zero-order chi connectivity index (χ0) is 15.8. The fourth-order valence-corrected chi connectivity index (χ4v) is 1.90. The Morgan fingerprint density at radius 3 is 2.35 bits per heavy atom. The first-order valence-corrected chi connectivity index (χ1v) is 9.01. The highest BCUT2D eigenvalue weighted by molar-refractivity contribution is 7.89. The predicted octanol–water partition coefficient (Wildman–Crippen LogP) is -1.13. The van der Waals surface area contributed by atoms with Crippen molar-refractivity contribution in [3.8, 4) is 0 Å². The van der Waals surface area contributed by atoms with Gasteiger partial charge in [0.15, 0.2) is 0 Å². The van der Waals surface area contributed by atoms with Crippen molar-refractivity contribution in [2.75, 3.05) is 25.7 Å². The number of methoxy groups -OCH3 is 1. The fourth-order valence-electron chi connectivity index (χ4n) is 1.03. The van der Waals surface area contributed by atoms with E-state index >= 15 is 0 Å². The van der Waals surface area contributed by atoms with Crippen LogP contribution in [0.3, 0.4) is 0 Å². The molecule has 0 saturated carbocycles. The van der Waals surface area contributed by atoms with Gasteiger partial charge in [0, 0.05) is 6.54 Å². The Balaban J connectivity index is 4.83. The normalized spacial score (nSPS) is 13.7. The molecule has 0 atom stereocenters. The number of carbonyl (C=O) groups excluding carboxylic acids is 1. The summed E-state index contributed by atoms with van der Waals surface area (Å²) in [6, 6.07) is 0. The second-order valence-electron chi connectivity index (χ2n) is 3.88. The first kappa shape index (κ1) is 18.8. The lowest BCUT2D eigenvalue weighted by Gasteiger charge is -2.04. The first-order valence-electron chi connectivity index (χ1n) is 5.41. The zero-order valence-corrected chi connectivity index (χ0v) is 12.8. The summed E-state index contributed by atoms with van der Waals surface area (Å²) < 4.78 is 50.3. The van der Waals surface area contributed by atoms with E-state index in [0.717, 1.165) is 6.26 Å². The summed E-state index contributed by atoms with van der Waals surface area (Å²) in [7, 11) is -5.88. The number of esters is 1. The van der Waals surface area contributed by atoms with E-state index in [9.17, 15) is 21.6 Å². The SMILES string of the molecule is COC(=O)C/C=C\C(=C/CS(N)(=O)=O)CNS(C)(=O)=O. The molecule has 0 heterocycles. The number of sulfonamides is 2. The summed E-state index contributed by atoms with van der Waals surface area (Å²) in [5.74, 6) is -0.904. The smallest absolute Gasteiger partial charge is 0.309 e. The van der Waals surface area contributed by atoms with Crippen molar-refractivity contribution >= 4 is 26.0 Å². The van der Waals surface area contributed by atoms with Gasteiger partial charge in [-0.15, -0.1) is 0 Å². The minimum Gasteiger partial charge on any atom is -0.469 e. The molecule has 10 heteroatoms. The number of ether oxygens (including phenoxy) is 1. The van der Waals surface area contributed by atoms with Crippen molar-refractivity contribution < 1.29 is 26.4 Å². The minimum atomic E-state index is -3.70. The summed E-state index contributed by atoms with van der Waals surface area (Å²) in [6.45, 7) is -0.105. The standard InChI is InChI=1S/C10H18N2O6S2/c1-18-10(13)5-3-4-9(6-7-20(11,16)17)8-12-19(2,14)15/h3-4,6,12H,5,7-8H2,1-2H3,(H2,11,16,17)/b4-3-,9-6+. The van der Waals surface area contributed by atoms with Crippen molar-refractivity contribution in [3.05, 3.63) is 23.8 Å². The minimum absolute atomic E-state index is 0.0118. The topological polar surface area (TPSA) is 133 Å². The molecular weight excluding hydrogens is 308 g/mol. The Morgan fingerprint density at radius 2 is 1.90 bits per heavy atom. The van der Waals surface area contributed by atoms with Crippen LogP contribution in [0.1, 0.15) is 6.42 Å². The lowest BCUT2D eigenvalue weighted by atomic mass is 10.2. The molecule has 0 unspecified atom stereocenters. The maximum atomic E-state index is 11.0. The van der Waals surface area contributed by atoms with Gasteiger partial charge in [0.25, 0.3) is 0 Å². The summed E-state index contributed by atoms with van der Waals surface area (Å²) in [5.41, 5.74) is 0.369. The maximum Gasteiger partial charge on any atom is 0.309 e. The van der Waals surface area contributed by atoms with Gasteiger partial charge in [0.05, 0.1) is 25.5 Å². The molecule has 0 aliphatic heterocycles. The van der Waals surface area contributed by atoms with Gasteiger partial charge in [-0.3, -0.25) is 4.79 Å².